The maximum absolute atomic E-state index is 15.4. The van der Waals surface area contributed by atoms with Gasteiger partial charge in [0.15, 0.2) is 38.8 Å². The minimum atomic E-state index is -2.74. The molecule has 1 saturated carbocycles. The van der Waals surface area contributed by atoms with E-state index in [1.54, 1.807) is 36.4 Å². The second-order valence-electron chi connectivity index (χ2n) is 14.1. The smallest absolute Gasteiger partial charge is 0.258 e. The Morgan fingerprint density at radius 3 is 1.98 bits per heavy atom. The lowest BCUT2D eigenvalue weighted by Crippen LogP contribution is -2.60. The number of carbonyl (C=O) groups is 5. The molecule has 57 heavy (non-hydrogen) atoms. The number of halogens is 7. The highest BCUT2D eigenvalue weighted by molar-refractivity contribution is 6.58. The Hall–Kier alpha value is -5.44. The van der Waals surface area contributed by atoms with Crippen LogP contribution in [0, 0.1) is 46.8 Å². The molecule has 16 heteroatoms. The van der Waals surface area contributed by atoms with E-state index in [0.29, 0.717) is 5.56 Å². The van der Waals surface area contributed by atoms with Crippen LogP contribution in [-0.2, 0) is 19.2 Å². The number of hydrogen-bond acceptors (Lipinski definition) is 7. The fourth-order valence-corrected chi connectivity index (χ4v) is 9.62. The Kier molecular flexibility index (Phi) is 9.36. The quantitative estimate of drug-likeness (QED) is 0.0397. The molecule has 1 N–H and O–H groups in total. The van der Waals surface area contributed by atoms with Gasteiger partial charge < -0.3 is 9.84 Å². The summed E-state index contributed by atoms with van der Waals surface area (Å²) < 4.78 is 79.7. The molecule has 4 amide bonds. The fraction of sp³-hybridized carbons (Fsp3) is 0.244. The Morgan fingerprint density at radius 1 is 0.737 bits per heavy atom. The molecule has 4 aliphatic rings. The molecule has 8 rings (SSSR count). The van der Waals surface area contributed by atoms with E-state index in [1.807, 2.05) is 0 Å². The van der Waals surface area contributed by atoms with E-state index in [4.69, 9.17) is 27.9 Å². The van der Waals surface area contributed by atoms with E-state index in [2.05, 4.69) is 0 Å². The normalized spacial score (nSPS) is 26.6. The van der Waals surface area contributed by atoms with Gasteiger partial charge in [0, 0.05) is 22.6 Å². The summed E-state index contributed by atoms with van der Waals surface area (Å²) >= 11 is 14.4. The van der Waals surface area contributed by atoms with Gasteiger partial charge in [0.2, 0.25) is 17.6 Å². The van der Waals surface area contributed by atoms with Crippen molar-refractivity contribution in [1.82, 2.24) is 0 Å². The maximum Gasteiger partial charge on any atom is 0.258 e. The van der Waals surface area contributed by atoms with Crippen LogP contribution in [0.5, 0.6) is 5.75 Å². The van der Waals surface area contributed by atoms with E-state index >= 15 is 8.78 Å². The molecular formula is C41H27Cl2F5N2O7. The van der Waals surface area contributed by atoms with Crippen molar-refractivity contribution >= 4 is 64.0 Å². The molecule has 6 unspecified atom stereocenters. The number of imide groups is 2. The lowest BCUT2D eigenvalue weighted by atomic mass is 9.56. The van der Waals surface area contributed by atoms with E-state index in [9.17, 15) is 42.3 Å². The van der Waals surface area contributed by atoms with Crippen LogP contribution in [0.4, 0.5) is 33.3 Å². The Balaban J connectivity index is 1.25. The molecule has 3 fully saturated rings. The van der Waals surface area contributed by atoms with Gasteiger partial charge in [-0.15, -0.1) is 23.2 Å². The molecule has 4 aromatic rings. The number of hydrogen-bond donors (Lipinski definition) is 1. The monoisotopic (exact) mass is 824 g/mol. The second-order valence-corrected chi connectivity index (χ2v) is 15.3. The molecule has 9 nitrogen and oxygen atoms in total. The summed E-state index contributed by atoms with van der Waals surface area (Å²) in [5.41, 5.74) is -0.738. The van der Waals surface area contributed by atoms with Crippen molar-refractivity contribution in [3.63, 3.8) is 0 Å². The average molecular weight is 826 g/mol. The summed E-state index contributed by atoms with van der Waals surface area (Å²) in [6.07, 6.45) is 0.800. The summed E-state index contributed by atoms with van der Waals surface area (Å²) in [7, 11) is 0. The third kappa shape index (κ3) is 5.40. The zero-order chi connectivity index (χ0) is 40.7. The number of amides is 4. The third-order valence-corrected chi connectivity index (χ3v) is 12.6. The number of ether oxygens (including phenoxy) is 1. The number of aliphatic hydroxyl groups is 1. The fourth-order valence-electron chi connectivity index (χ4n) is 8.69. The summed E-state index contributed by atoms with van der Waals surface area (Å²) in [5.74, 6) is -22.2. The van der Waals surface area contributed by atoms with Gasteiger partial charge in [0.1, 0.15) is 18.0 Å². The molecule has 2 aliphatic carbocycles. The van der Waals surface area contributed by atoms with Crippen LogP contribution in [0.15, 0.2) is 90.5 Å². The molecule has 4 aromatic carbocycles. The van der Waals surface area contributed by atoms with Crippen LogP contribution < -0.4 is 14.5 Å². The Labute approximate surface area is 330 Å². The number of aliphatic hydroxyl groups excluding tert-OH is 1. The molecular weight excluding hydrogens is 798 g/mol. The van der Waals surface area contributed by atoms with Crippen LogP contribution in [0.1, 0.15) is 40.2 Å². The molecule has 0 bridgehead atoms. The van der Waals surface area contributed by atoms with Crippen LogP contribution in [0.2, 0.25) is 0 Å². The topological polar surface area (TPSA) is 121 Å². The van der Waals surface area contributed by atoms with Crippen LogP contribution >= 0.6 is 23.2 Å². The van der Waals surface area contributed by atoms with Crippen LogP contribution in [0.25, 0.3) is 0 Å². The first-order valence-corrected chi connectivity index (χ1v) is 18.3. The lowest BCUT2D eigenvalue weighted by molar-refractivity contribution is -0.125. The van der Waals surface area contributed by atoms with Crippen molar-refractivity contribution in [2.45, 2.75) is 28.5 Å². The Bertz CT molecular complexity index is 2420. The summed E-state index contributed by atoms with van der Waals surface area (Å²) in [6.45, 7) is -0.724. The first-order chi connectivity index (χ1) is 27.2. The standard InChI is InChI=1S/C41H27Cl2F5N2O7/c42-40-18-25-22(14-15-24-27(25)37(54)49(36(24)53)21-12-10-20(11-13-21)35(52)19-6-2-1-3-7-19)28(23-8-4-5-9-26(23)57-17-16-51)41(40,43)39(56)50(38(40)55)34-32(47)30(45)29(44)31(46)33(34)48/h1-14,24-25,27-28,51H,15-18H2. The molecule has 6 atom stereocenters. The van der Waals surface area contributed by atoms with Gasteiger partial charge in [0.05, 0.1) is 24.1 Å². The number of alkyl halides is 2. The van der Waals surface area contributed by atoms with Gasteiger partial charge in [0.25, 0.3) is 11.8 Å². The van der Waals surface area contributed by atoms with Crippen molar-refractivity contribution in [2.24, 2.45) is 17.8 Å². The highest BCUT2D eigenvalue weighted by Crippen LogP contribution is 2.66. The number of rotatable bonds is 8. The van der Waals surface area contributed by atoms with Crippen molar-refractivity contribution in [3.8, 4) is 5.75 Å². The lowest BCUT2D eigenvalue weighted by Gasteiger charge is -2.50. The first kappa shape index (κ1) is 38.4. The minimum Gasteiger partial charge on any atom is -0.491 e. The van der Waals surface area contributed by atoms with Crippen molar-refractivity contribution in [2.75, 3.05) is 23.0 Å². The number of allylic oxidation sites excluding steroid dienone is 2. The molecule has 292 valence electrons. The molecule has 0 radical (unpaired) electrons. The Morgan fingerprint density at radius 2 is 1.33 bits per heavy atom. The van der Waals surface area contributed by atoms with E-state index in [1.165, 1.54) is 48.5 Å². The van der Waals surface area contributed by atoms with Gasteiger partial charge in [-0.3, -0.25) is 28.9 Å². The van der Waals surface area contributed by atoms with Crippen molar-refractivity contribution < 1.29 is 55.8 Å². The van der Waals surface area contributed by atoms with Crippen molar-refractivity contribution in [3.05, 3.63) is 136 Å². The van der Waals surface area contributed by atoms with Crippen molar-refractivity contribution in [1.29, 1.82) is 0 Å². The number of fused-ring (bicyclic) bond motifs is 4. The van der Waals surface area contributed by atoms with Crippen LogP contribution in [0.3, 0.4) is 0 Å². The summed E-state index contributed by atoms with van der Waals surface area (Å²) in [5, 5.41) is 9.54. The van der Waals surface area contributed by atoms with E-state index < -0.39 is 105 Å². The molecule has 0 spiro atoms. The zero-order valence-corrected chi connectivity index (χ0v) is 30.7. The van der Waals surface area contributed by atoms with Gasteiger partial charge in [-0.1, -0.05) is 60.2 Å². The predicted molar refractivity (Wildman–Crippen MR) is 194 cm³/mol. The number of ketones is 1. The zero-order valence-electron chi connectivity index (χ0n) is 29.2. The highest BCUT2D eigenvalue weighted by atomic mass is 35.5. The summed E-state index contributed by atoms with van der Waals surface area (Å²) in [6, 6.07) is 20.2. The summed E-state index contributed by atoms with van der Waals surface area (Å²) in [4.78, 5) is 65.9. The predicted octanol–water partition coefficient (Wildman–Crippen LogP) is 6.75. The van der Waals surface area contributed by atoms with Gasteiger partial charge >= 0.3 is 0 Å². The van der Waals surface area contributed by atoms with E-state index in [-0.39, 0.29) is 51.8 Å². The molecule has 2 aliphatic heterocycles. The SMILES string of the molecule is O=C(c1ccccc1)c1ccc(N2C(=O)C3CC=C4C(CC5(Cl)C(=O)N(c6c(F)c(F)c(F)c(F)c6F)C(=O)C5(Cl)C4c4ccccc4OCCO)C3C2=O)cc1. The third-order valence-electron chi connectivity index (χ3n) is 11.2. The van der Waals surface area contributed by atoms with Gasteiger partial charge in [-0.2, -0.15) is 0 Å². The van der Waals surface area contributed by atoms with E-state index in [0.717, 1.165) is 4.90 Å². The first-order valence-electron chi connectivity index (χ1n) is 17.6. The molecule has 2 saturated heterocycles. The number of benzene rings is 4. The molecule has 0 aromatic heterocycles. The van der Waals surface area contributed by atoms with Gasteiger partial charge in [-0.05, 0) is 49.1 Å². The van der Waals surface area contributed by atoms with Gasteiger partial charge in [-0.25, -0.2) is 26.9 Å². The number of para-hydroxylation sites is 1. The number of anilines is 2. The minimum absolute atomic E-state index is 0.0230. The maximum atomic E-state index is 15.4. The number of nitrogens with zero attached hydrogens (tertiary/aromatic N) is 2. The largest absolute Gasteiger partial charge is 0.491 e. The second kappa shape index (κ2) is 13.9. The average Bonchev–Trinajstić information content (AvgIpc) is 3.56. The number of carbonyl (C=O) groups excluding carboxylic acids is 5. The molecule has 2 heterocycles. The van der Waals surface area contributed by atoms with Crippen LogP contribution in [-0.4, -0.2) is 57.5 Å². The highest BCUT2D eigenvalue weighted by Gasteiger charge is 2.77.